The van der Waals surface area contributed by atoms with Crippen molar-refractivity contribution < 1.29 is 0 Å². The molecule has 2 rings (SSSR count). The molecular weight excluding hydrogens is 212 g/mol. The molecule has 1 aliphatic rings. The second-order valence-corrected chi connectivity index (χ2v) is 8.01. The molecule has 1 fully saturated rings. The summed E-state index contributed by atoms with van der Waals surface area (Å²) in [6.45, 7) is 6.85. The molecule has 1 aromatic rings. The zero-order valence-electron chi connectivity index (χ0n) is 10.8. The maximum atomic E-state index is 2.37. The number of hydrogen-bond acceptors (Lipinski definition) is 0. The smallest absolute Gasteiger partial charge is 0.0561 e. The first-order valence-corrected chi connectivity index (χ1v) is 7.92. The van der Waals surface area contributed by atoms with Gasteiger partial charge in [0.1, 0.15) is 11.5 Å². The normalized spacial score (nSPS) is 18.7. The van der Waals surface area contributed by atoms with E-state index in [1.54, 1.807) is 4.90 Å². The average Bonchev–Trinajstić information content (AvgIpc) is 2.29. The van der Waals surface area contributed by atoms with Gasteiger partial charge in [-0.2, -0.15) is 0 Å². The summed E-state index contributed by atoms with van der Waals surface area (Å²) in [5, 5.41) is 0. The molecule has 1 aromatic carbocycles. The average molecular weight is 235 g/mol. The minimum Gasteiger partial charge on any atom is -0.0561 e. The van der Waals surface area contributed by atoms with Crippen molar-refractivity contribution >= 4 is 10.9 Å². The fourth-order valence-corrected chi connectivity index (χ4v) is 4.52. The van der Waals surface area contributed by atoms with E-state index in [1.165, 1.54) is 36.3 Å². The Kier molecular flexibility index (Phi) is 3.63. The van der Waals surface area contributed by atoms with Crippen LogP contribution < -0.4 is 0 Å². The van der Waals surface area contributed by atoms with E-state index < -0.39 is 0 Å². The Morgan fingerprint density at radius 1 is 0.875 bits per heavy atom. The van der Waals surface area contributed by atoms with Crippen molar-refractivity contribution in [3.05, 3.63) is 29.8 Å². The Morgan fingerprint density at radius 2 is 1.44 bits per heavy atom. The van der Waals surface area contributed by atoms with Gasteiger partial charge in [0.05, 0.1) is 0 Å². The predicted molar refractivity (Wildman–Crippen MR) is 74.4 cm³/mol. The van der Waals surface area contributed by atoms with Gasteiger partial charge in [-0.1, -0.05) is 32.9 Å². The highest BCUT2D eigenvalue weighted by atomic mass is 32.2. The second-order valence-electron chi connectivity index (χ2n) is 5.74. The molecule has 1 saturated heterocycles. The van der Waals surface area contributed by atoms with Gasteiger partial charge in [-0.3, -0.25) is 0 Å². The number of rotatable bonds is 1. The molecule has 0 spiro atoms. The Labute approximate surface area is 103 Å². The van der Waals surface area contributed by atoms with Crippen LogP contribution in [-0.2, 0) is 16.3 Å². The van der Waals surface area contributed by atoms with Crippen molar-refractivity contribution in [3.63, 3.8) is 0 Å². The molecule has 1 heterocycles. The van der Waals surface area contributed by atoms with Gasteiger partial charge in [0, 0.05) is 10.9 Å². The highest BCUT2D eigenvalue weighted by Gasteiger charge is 2.25. The van der Waals surface area contributed by atoms with E-state index in [0.29, 0.717) is 10.9 Å². The molecule has 0 nitrogen and oxygen atoms in total. The fourth-order valence-electron chi connectivity index (χ4n) is 2.21. The molecule has 0 radical (unpaired) electrons. The monoisotopic (exact) mass is 235 g/mol. The van der Waals surface area contributed by atoms with Crippen molar-refractivity contribution in [2.24, 2.45) is 0 Å². The summed E-state index contributed by atoms with van der Waals surface area (Å²) >= 11 is 0. The van der Waals surface area contributed by atoms with E-state index in [2.05, 4.69) is 45.0 Å². The van der Waals surface area contributed by atoms with Crippen LogP contribution in [0.5, 0.6) is 0 Å². The molecule has 0 amide bonds. The van der Waals surface area contributed by atoms with Crippen LogP contribution in [0, 0.1) is 0 Å². The lowest BCUT2D eigenvalue weighted by molar-refractivity contribution is 0.589. The zero-order valence-corrected chi connectivity index (χ0v) is 11.6. The van der Waals surface area contributed by atoms with E-state index in [1.807, 2.05) is 0 Å². The molecule has 88 valence electrons. The lowest BCUT2D eigenvalue weighted by Gasteiger charge is -2.19. The highest BCUT2D eigenvalue weighted by molar-refractivity contribution is 7.96. The fraction of sp³-hybridized carbons (Fsp3) is 0.600. The van der Waals surface area contributed by atoms with Gasteiger partial charge in [-0.15, -0.1) is 0 Å². The third-order valence-electron chi connectivity index (χ3n) is 3.34. The van der Waals surface area contributed by atoms with Crippen molar-refractivity contribution in [2.75, 3.05) is 11.5 Å². The lowest BCUT2D eigenvalue weighted by Crippen LogP contribution is -2.18. The second kappa shape index (κ2) is 4.83. The summed E-state index contributed by atoms with van der Waals surface area (Å²) in [7, 11) is 0.557. The summed E-state index contributed by atoms with van der Waals surface area (Å²) in [4.78, 5) is 1.59. The Balaban J connectivity index is 2.12. The maximum Gasteiger partial charge on any atom is 0.154 e. The molecule has 1 heteroatoms. The summed E-state index contributed by atoms with van der Waals surface area (Å²) in [5.74, 6) is 2.85. The Hall–Kier alpha value is -0.430. The molecule has 1 aliphatic heterocycles. The molecule has 0 saturated carbocycles. The lowest BCUT2D eigenvalue weighted by atomic mass is 9.87. The van der Waals surface area contributed by atoms with Crippen LogP contribution in [0.2, 0.25) is 0 Å². The number of benzene rings is 1. The Bertz CT molecular complexity index is 325. The van der Waals surface area contributed by atoms with Crippen LogP contribution in [0.4, 0.5) is 0 Å². The molecule has 0 N–H and O–H groups in total. The molecule has 0 aromatic heterocycles. The standard InChI is InChI=1S/C15H23S/c1-15(2,3)13-7-9-14(10-8-13)16-11-5-4-6-12-16/h7-10H,4-6,11-12H2,1-3H3/q+1. The SMILES string of the molecule is CC(C)(C)c1ccc([S+]2CCCCC2)cc1. The van der Waals surface area contributed by atoms with Gasteiger partial charge in [0.25, 0.3) is 0 Å². The van der Waals surface area contributed by atoms with Gasteiger partial charge in [0.15, 0.2) is 4.90 Å². The molecular formula is C15H23S+. The highest BCUT2D eigenvalue weighted by Crippen LogP contribution is 2.26. The first-order valence-electron chi connectivity index (χ1n) is 6.35. The van der Waals surface area contributed by atoms with Crippen LogP contribution >= 0.6 is 0 Å². The van der Waals surface area contributed by atoms with Crippen LogP contribution in [0.25, 0.3) is 0 Å². The quantitative estimate of drug-likeness (QED) is 0.642. The van der Waals surface area contributed by atoms with E-state index in [4.69, 9.17) is 0 Å². The summed E-state index contributed by atoms with van der Waals surface area (Å²) < 4.78 is 0. The molecule has 0 unspecified atom stereocenters. The van der Waals surface area contributed by atoms with Gasteiger partial charge in [0.2, 0.25) is 0 Å². The maximum absolute atomic E-state index is 2.37. The Morgan fingerprint density at radius 3 is 1.94 bits per heavy atom. The van der Waals surface area contributed by atoms with E-state index in [-0.39, 0.29) is 5.41 Å². The van der Waals surface area contributed by atoms with Crippen LogP contribution in [0.1, 0.15) is 45.6 Å². The molecule has 16 heavy (non-hydrogen) atoms. The minimum absolute atomic E-state index is 0.286. The van der Waals surface area contributed by atoms with E-state index >= 15 is 0 Å². The molecule has 0 aliphatic carbocycles. The topological polar surface area (TPSA) is 0 Å². The van der Waals surface area contributed by atoms with E-state index in [9.17, 15) is 0 Å². The minimum atomic E-state index is 0.286. The largest absolute Gasteiger partial charge is 0.154 e. The van der Waals surface area contributed by atoms with Crippen LogP contribution in [-0.4, -0.2) is 11.5 Å². The third-order valence-corrected chi connectivity index (χ3v) is 5.84. The summed E-state index contributed by atoms with van der Waals surface area (Å²) in [5.41, 5.74) is 1.74. The summed E-state index contributed by atoms with van der Waals surface area (Å²) in [6.07, 6.45) is 4.32. The predicted octanol–water partition coefficient (Wildman–Crippen LogP) is 4.15. The van der Waals surface area contributed by atoms with Crippen LogP contribution in [0.15, 0.2) is 29.2 Å². The van der Waals surface area contributed by atoms with Crippen LogP contribution in [0.3, 0.4) is 0 Å². The third kappa shape index (κ3) is 2.82. The number of hydrogen-bond donors (Lipinski definition) is 0. The first-order chi connectivity index (χ1) is 7.57. The summed E-state index contributed by atoms with van der Waals surface area (Å²) in [6, 6.07) is 9.40. The van der Waals surface area contributed by atoms with Gasteiger partial charge < -0.3 is 0 Å². The van der Waals surface area contributed by atoms with Gasteiger partial charge >= 0.3 is 0 Å². The van der Waals surface area contributed by atoms with Crippen molar-refractivity contribution in [1.82, 2.24) is 0 Å². The first kappa shape index (κ1) is 12.0. The van der Waals surface area contributed by atoms with Crippen molar-refractivity contribution in [3.8, 4) is 0 Å². The van der Waals surface area contributed by atoms with Crippen molar-refractivity contribution in [2.45, 2.75) is 50.3 Å². The molecule has 0 bridgehead atoms. The van der Waals surface area contributed by atoms with Crippen molar-refractivity contribution in [1.29, 1.82) is 0 Å². The zero-order chi connectivity index (χ0) is 11.6. The molecule has 0 atom stereocenters. The van der Waals surface area contributed by atoms with E-state index in [0.717, 1.165) is 0 Å². The van der Waals surface area contributed by atoms with Gasteiger partial charge in [-0.05, 0) is 42.4 Å². The van der Waals surface area contributed by atoms with Gasteiger partial charge in [-0.25, -0.2) is 0 Å².